The van der Waals surface area contributed by atoms with Gasteiger partial charge in [-0.2, -0.15) is 9.57 Å². The molecule has 36 heavy (non-hydrogen) atoms. The highest BCUT2D eigenvalue weighted by molar-refractivity contribution is 7.91. The molecule has 3 heterocycles. The average molecular weight is 518 g/mol. The van der Waals surface area contributed by atoms with Gasteiger partial charge in [-0.1, -0.05) is 36.4 Å². The summed E-state index contributed by atoms with van der Waals surface area (Å²) in [4.78, 5) is 9.47. The van der Waals surface area contributed by atoms with Gasteiger partial charge in [0, 0.05) is 31.0 Å². The van der Waals surface area contributed by atoms with Crippen LogP contribution < -0.4 is 4.90 Å². The molecule has 184 valence electrons. The monoisotopic (exact) mass is 517 g/mol. The van der Waals surface area contributed by atoms with Crippen molar-refractivity contribution in [1.82, 2.24) is 14.3 Å². The first-order valence-corrected chi connectivity index (χ1v) is 13.7. The van der Waals surface area contributed by atoms with E-state index in [0.717, 1.165) is 22.5 Å². The Hall–Kier alpha value is -3.71. The van der Waals surface area contributed by atoms with Crippen LogP contribution in [0.5, 0.6) is 0 Å². The normalized spacial score (nSPS) is 15.8. The molecule has 9 heteroatoms. The summed E-state index contributed by atoms with van der Waals surface area (Å²) in [5, 5.41) is 11.3. The highest BCUT2D eigenvalue weighted by atomic mass is 32.2. The van der Waals surface area contributed by atoms with Crippen LogP contribution in [0.15, 0.2) is 95.9 Å². The van der Waals surface area contributed by atoms with Gasteiger partial charge >= 0.3 is 0 Å². The molecule has 2 aromatic heterocycles. The van der Waals surface area contributed by atoms with Crippen LogP contribution in [0.4, 0.5) is 5.69 Å². The van der Waals surface area contributed by atoms with Crippen molar-refractivity contribution >= 4 is 27.0 Å². The van der Waals surface area contributed by atoms with E-state index in [0.29, 0.717) is 29.3 Å². The molecule has 1 atom stereocenters. The maximum atomic E-state index is 13.8. The zero-order valence-electron chi connectivity index (χ0n) is 19.7. The fourth-order valence-electron chi connectivity index (χ4n) is 4.42. The predicted octanol–water partition coefficient (Wildman–Crippen LogP) is 4.97. The topological polar surface area (TPSA) is 93.1 Å². The minimum Gasteiger partial charge on any atom is -0.364 e. The lowest BCUT2D eigenvalue weighted by Crippen LogP contribution is -2.45. The molecule has 7 nitrogen and oxygen atoms in total. The molecule has 0 bridgehead atoms. The van der Waals surface area contributed by atoms with E-state index in [4.69, 9.17) is 0 Å². The van der Waals surface area contributed by atoms with Crippen LogP contribution in [0.3, 0.4) is 0 Å². The minimum absolute atomic E-state index is 0.196. The molecule has 0 saturated carbocycles. The summed E-state index contributed by atoms with van der Waals surface area (Å²) in [5.74, 6) is 0. The largest absolute Gasteiger partial charge is 0.364 e. The molecular weight excluding hydrogens is 490 g/mol. The number of thiophene rings is 1. The summed E-state index contributed by atoms with van der Waals surface area (Å²) in [6.45, 7) is 7.25. The molecule has 0 aliphatic carbocycles. The Labute approximate surface area is 216 Å². The van der Waals surface area contributed by atoms with Crippen molar-refractivity contribution < 1.29 is 8.42 Å². The molecule has 0 amide bonds. The average Bonchev–Trinajstić information content (AvgIpc) is 3.61. The fraction of sp³-hybridized carbons (Fsp3) is 0.185. The highest BCUT2D eigenvalue weighted by Gasteiger charge is 2.37. The summed E-state index contributed by atoms with van der Waals surface area (Å²) in [7, 11) is -3.74. The highest BCUT2D eigenvalue weighted by Crippen LogP contribution is 2.34. The van der Waals surface area contributed by atoms with Crippen LogP contribution in [0.25, 0.3) is 0 Å². The number of H-pyrrole nitrogens is 1. The first-order chi connectivity index (χ1) is 17.5. The summed E-state index contributed by atoms with van der Waals surface area (Å²) in [6.07, 6.45) is 3.99. The molecule has 4 aromatic rings. The second-order valence-corrected chi connectivity index (χ2v) is 11.3. The van der Waals surface area contributed by atoms with Crippen molar-refractivity contribution in [2.24, 2.45) is 0 Å². The molecule has 0 spiro atoms. The van der Waals surface area contributed by atoms with Gasteiger partial charge in [0.2, 0.25) is 0 Å². The number of anilines is 1. The van der Waals surface area contributed by atoms with Crippen molar-refractivity contribution in [2.75, 3.05) is 11.4 Å². The lowest BCUT2D eigenvalue weighted by Gasteiger charge is -2.31. The van der Waals surface area contributed by atoms with E-state index in [9.17, 15) is 13.7 Å². The van der Waals surface area contributed by atoms with Crippen molar-refractivity contribution in [3.05, 3.63) is 114 Å². The molecule has 1 aliphatic rings. The first-order valence-electron chi connectivity index (χ1n) is 11.4. The van der Waals surface area contributed by atoms with E-state index >= 15 is 0 Å². The second kappa shape index (κ2) is 11.4. The lowest BCUT2D eigenvalue weighted by molar-refractivity contribution is 0.318. The Morgan fingerprint density at radius 3 is 2.61 bits per heavy atom. The standard InChI is InChI=1S/C25H23N5O2S2.C2H4/c26-13-20-8-9-24-21(11-20)15-30(34(31,32)25-7-4-10-33-25)23(12-19-5-2-1-3-6-19)17-29(24)16-22-14-27-18-28-22;1-2/h1-11,14,18,23H,12,15-17H2,(H,27,28);1-2H2/t23-;/m1./s1. The third kappa shape index (κ3) is 5.41. The third-order valence-electron chi connectivity index (χ3n) is 6.00. The van der Waals surface area contributed by atoms with Crippen molar-refractivity contribution in [3.8, 4) is 6.07 Å². The van der Waals surface area contributed by atoms with Gasteiger partial charge in [-0.25, -0.2) is 13.4 Å². The van der Waals surface area contributed by atoms with E-state index in [1.165, 1.54) is 11.3 Å². The Morgan fingerprint density at radius 1 is 1.14 bits per heavy atom. The summed E-state index contributed by atoms with van der Waals surface area (Å²) >= 11 is 1.22. The number of hydrogen-bond donors (Lipinski definition) is 1. The van der Waals surface area contributed by atoms with Gasteiger partial charge in [-0.3, -0.25) is 0 Å². The molecule has 1 aliphatic heterocycles. The van der Waals surface area contributed by atoms with Gasteiger partial charge in [0.05, 0.1) is 30.2 Å². The Morgan fingerprint density at radius 2 is 1.94 bits per heavy atom. The van der Waals surface area contributed by atoms with Crippen LogP contribution in [0, 0.1) is 11.3 Å². The number of aromatic nitrogens is 2. The van der Waals surface area contributed by atoms with E-state index in [1.807, 2.05) is 36.4 Å². The predicted molar refractivity (Wildman–Crippen MR) is 143 cm³/mol. The lowest BCUT2D eigenvalue weighted by atomic mass is 10.1. The molecule has 1 N–H and O–H groups in total. The number of benzene rings is 2. The third-order valence-corrected chi connectivity index (χ3v) is 9.27. The number of nitrogens with zero attached hydrogens (tertiary/aromatic N) is 4. The maximum Gasteiger partial charge on any atom is 0.253 e. The zero-order valence-corrected chi connectivity index (χ0v) is 21.4. The summed E-state index contributed by atoms with van der Waals surface area (Å²) in [5.41, 5.74) is 4.26. The number of imidazole rings is 1. The maximum absolute atomic E-state index is 13.8. The Bertz CT molecular complexity index is 1410. The molecule has 0 fully saturated rings. The van der Waals surface area contributed by atoms with Gasteiger partial charge in [-0.05, 0) is 47.2 Å². The minimum atomic E-state index is -3.74. The Kier molecular flexibility index (Phi) is 8.00. The van der Waals surface area contributed by atoms with Gasteiger partial charge in [0.15, 0.2) is 0 Å². The fourth-order valence-corrected chi connectivity index (χ4v) is 7.13. The van der Waals surface area contributed by atoms with E-state index in [2.05, 4.69) is 34.1 Å². The van der Waals surface area contributed by atoms with Gasteiger partial charge in [0.25, 0.3) is 10.0 Å². The summed E-state index contributed by atoms with van der Waals surface area (Å²) in [6, 6.07) is 20.8. The number of hydrogen-bond acceptors (Lipinski definition) is 6. The molecule has 2 aromatic carbocycles. The number of sulfonamides is 1. The first kappa shape index (κ1) is 25.4. The molecular formula is C27H27N5O2S2. The van der Waals surface area contributed by atoms with E-state index in [-0.39, 0.29) is 12.6 Å². The van der Waals surface area contributed by atoms with Crippen LogP contribution in [-0.4, -0.2) is 35.3 Å². The number of rotatable bonds is 6. The van der Waals surface area contributed by atoms with Crippen molar-refractivity contribution in [1.29, 1.82) is 5.26 Å². The molecule has 0 unspecified atom stereocenters. The second-order valence-electron chi connectivity index (χ2n) is 8.24. The van der Waals surface area contributed by atoms with Crippen molar-refractivity contribution in [2.45, 2.75) is 29.8 Å². The van der Waals surface area contributed by atoms with E-state index in [1.54, 1.807) is 46.5 Å². The van der Waals surface area contributed by atoms with Crippen molar-refractivity contribution in [3.63, 3.8) is 0 Å². The van der Waals surface area contributed by atoms with Gasteiger partial charge < -0.3 is 9.88 Å². The molecule has 0 saturated heterocycles. The van der Waals surface area contributed by atoms with Crippen LogP contribution in [0.1, 0.15) is 22.4 Å². The molecule has 5 rings (SSSR count). The number of aromatic amines is 1. The smallest absolute Gasteiger partial charge is 0.253 e. The molecule has 0 radical (unpaired) electrons. The summed E-state index contributed by atoms with van der Waals surface area (Å²) < 4.78 is 29.6. The van der Waals surface area contributed by atoms with Crippen LogP contribution >= 0.6 is 11.3 Å². The van der Waals surface area contributed by atoms with Crippen LogP contribution in [-0.2, 0) is 29.5 Å². The Balaban J connectivity index is 0.00000148. The van der Waals surface area contributed by atoms with E-state index < -0.39 is 10.0 Å². The van der Waals surface area contributed by atoms with Crippen LogP contribution in [0.2, 0.25) is 0 Å². The number of nitrogens with one attached hydrogen (secondary N) is 1. The van der Waals surface area contributed by atoms with Gasteiger partial charge in [-0.15, -0.1) is 24.5 Å². The zero-order chi connectivity index (χ0) is 25.5. The quantitative estimate of drug-likeness (QED) is 0.365. The van der Waals surface area contributed by atoms with Gasteiger partial charge in [0.1, 0.15) is 4.21 Å². The number of fused-ring (bicyclic) bond motifs is 1. The number of nitriles is 1. The SMILES string of the molecule is C=C.N#Cc1ccc2c(c1)CN(S(=O)(=O)c1cccs1)[C@H](Cc1ccccc1)CN2Cc1cnc[nH]1.